The van der Waals surface area contributed by atoms with E-state index in [4.69, 9.17) is 5.11 Å². The molecule has 1 heterocycles. The van der Waals surface area contributed by atoms with Gasteiger partial charge in [0.05, 0.1) is 0 Å². The van der Waals surface area contributed by atoms with E-state index in [1.165, 1.54) is 11.1 Å². The number of carbonyl (C=O) groups excluding carboxylic acids is 1. The molecule has 32 heavy (non-hydrogen) atoms. The van der Waals surface area contributed by atoms with Crippen molar-refractivity contribution in [2.75, 3.05) is 0 Å². The van der Waals surface area contributed by atoms with Crippen LogP contribution in [0.1, 0.15) is 98.5 Å². The minimum Gasteiger partial charge on any atom is -0.481 e. The van der Waals surface area contributed by atoms with Crippen molar-refractivity contribution in [2.24, 2.45) is 17.3 Å². The van der Waals surface area contributed by atoms with E-state index in [1.54, 1.807) is 6.20 Å². The fourth-order valence-electron chi connectivity index (χ4n) is 4.23. The second kappa shape index (κ2) is 14.0. The zero-order valence-corrected chi connectivity index (χ0v) is 21.0. The number of aromatic nitrogens is 1. The molecule has 0 saturated carbocycles. The second-order valence-corrected chi connectivity index (χ2v) is 10.1. The smallest absolute Gasteiger partial charge is 0.303 e. The van der Waals surface area contributed by atoms with Crippen molar-refractivity contribution in [3.05, 3.63) is 47.3 Å². The number of pyridine rings is 1. The molecule has 0 fully saturated rings. The maximum Gasteiger partial charge on any atom is 0.303 e. The number of carbonyl (C=O) groups is 2. The monoisotopic (exact) mass is 441 g/mol. The van der Waals surface area contributed by atoms with E-state index >= 15 is 0 Å². The lowest BCUT2D eigenvalue weighted by atomic mass is 9.75. The number of carboxylic acid groups (broad SMARTS) is 1. The number of rotatable bonds is 15. The van der Waals surface area contributed by atoms with E-state index in [-0.39, 0.29) is 18.1 Å². The first-order valence-electron chi connectivity index (χ1n) is 12.0. The Kier molecular flexibility index (Phi) is 12.2. The molecule has 0 aliphatic carbocycles. The van der Waals surface area contributed by atoms with Crippen LogP contribution in [0.2, 0.25) is 0 Å². The minimum atomic E-state index is -0.838. The Hall–Kier alpha value is -2.23. The van der Waals surface area contributed by atoms with Crippen LogP contribution in [0.4, 0.5) is 0 Å². The van der Waals surface area contributed by atoms with Crippen LogP contribution in [0.25, 0.3) is 6.08 Å². The summed E-state index contributed by atoms with van der Waals surface area (Å²) in [5.74, 6) is -0.187. The van der Waals surface area contributed by atoms with Crippen LogP contribution in [-0.2, 0) is 9.59 Å². The summed E-state index contributed by atoms with van der Waals surface area (Å²) in [7, 11) is 0. The largest absolute Gasteiger partial charge is 0.481 e. The summed E-state index contributed by atoms with van der Waals surface area (Å²) in [6.45, 7) is 12.3. The number of allylic oxidation sites excluding steroid dienone is 3. The van der Waals surface area contributed by atoms with Gasteiger partial charge in [-0.3, -0.25) is 14.6 Å². The van der Waals surface area contributed by atoms with Gasteiger partial charge in [0.15, 0.2) is 0 Å². The fraction of sp³-hybridized carbons (Fsp3) is 0.607. The molecule has 4 heteroatoms. The SMILES string of the molecule is C/C(=C\c1cccnc1)CC/C=C(\C)CCCC(C)CC(C)C(=O)C(C)(C)CCC(=O)O. The van der Waals surface area contributed by atoms with Gasteiger partial charge in [0.1, 0.15) is 5.78 Å². The molecule has 1 aromatic rings. The molecule has 0 amide bonds. The number of hydrogen-bond acceptors (Lipinski definition) is 3. The van der Waals surface area contributed by atoms with Gasteiger partial charge in [-0.05, 0) is 69.9 Å². The van der Waals surface area contributed by atoms with E-state index in [2.05, 4.69) is 44.0 Å². The van der Waals surface area contributed by atoms with Crippen LogP contribution in [0, 0.1) is 17.3 Å². The van der Waals surface area contributed by atoms with Gasteiger partial charge < -0.3 is 5.11 Å². The standard InChI is InChI=1S/C28H43NO3/c1-21(11-8-13-23(3)19-25-14-9-17-29-20-25)10-7-12-22(2)18-24(4)27(32)28(5,6)16-15-26(30)31/h9,11,14,17,19-20,22,24H,7-8,10,12-13,15-16,18H2,1-6H3,(H,30,31)/b21-11+,23-19+. The lowest BCUT2D eigenvalue weighted by Crippen LogP contribution is -2.31. The molecule has 1 N–H and O–H groups in total. The Morgan fingerprint density at radius 2 is 1.84 bits per heavy atom. The molecule has 0 bridgehead atoms. The van der Waals surface area contributed by atoms with Gasteiger partial charge in [-0.1, -0.05) is 63.5 Å². The molecule has 0 aromatic carbocycles. The van der Waals surface area contributed by atoms with E-state index in [1.807, 2.05) is 33.0 Å². The molecule has 1 aromatic heterocycles. The Bertz CT molecular complexity index is 777. The molecule has 0 aliphatic heterocycles. The van der Waals surface area contributed by atoms with Gasteiger partial charge in [-0.25, -0.2) is 0 Å². The summed E-state index contributed by atoms with van der Waals surface area (Å²) in [5.41, 5.74) is 3.38. The third kappa shape index (κ3) is 11.4. The highest BCUT2D eigenvalue weighted by molar-refractivity contribution is 5.86. The molecular weight excluding hydrogens is 398 g/mol. The predicted octanol–water partition coefficient (Wildman–Crippen LogP) is 7.50. The van der Waals surface area contributed by atoms with Crippen molar-refractivity contribution in [1.29, 1.82) is 0 Å². The van der Waals surface area contributed by atoms with Gasteiger partial charge in [0.25, 0.3) is 0 Å². The van der Waals surface area contributed by atoms with Crippen molar-refractivity contribution in [3.63, 3.8) is 0 Å². The van der Waals surface area contributed by atoms with E-state index < -0.39 is 11.4 Å². The maximum atomic E-state index is 12.8. The minimum absolute atomic E-state index is 0.0278. The first kappa shape index (κ1) is 27.8. The van der Waals surface area contributed by atoms with Gasteiger partial charge in [-0.15, -0.1) is 0 Å². The zero-order valence-electron chi connectivity index (χ0n) is 21.0. The molecule has 2 unspecified atom stereocenters. The van der Waals surface area contributed by atoms with Gasteiger partial charge in [-0.2, -0.15) is 0 Å². The number of ketones is 1. The summed E-state index contributed by atoms with van der Waals surface area (Å²) in [4.78, 5) is 27.8. The topological polar surface area (TPSA) is 67.3 Å². The normalized spacial score (nSPS) is 14.8. The lowest BCUT2D eigenvalue weighted by molar-refractivity contribution is -0.138. The van der Waals surface area contributed by atoms with Crippen molar-refractivity contribution in [2.45, 2.75) is 92.9 Å². The number of aliphatic carboxylic acids is 1. The number of carboxylic acids is 1. The number of hydrogen-bond donors (Lipinski definition) is 1. The zero-order chi connectivity index (χ0) is 24.1. The van der Waals surface area contributed by atoms with Crippen LogP contribution in [0.3, 0.4) is 0 Å². The van der Waals surface area contributed by atoms with E-state index in [9.17, 15) is 9.59 Å². The maximum absolute atomic E-state index is 12.8. The summed E-state index contributed by atoms with van der Waals surface area (Å²) < 4.78 is 0. The highest BCUT2D eigenvalue weighted by Gasteiger charge is 2.32. The Morgan fingerprint density at radius 3 is 2.47 bits per heavy atom. The average molecular weight is 442 g/mol. The Morgan fingerprint density at radius 1 is 1.12 bits per heavy atom. The number of Topliss-reactive ketones (excluding diaryl/α,β-unsaturated/α-hetero) is 1. The van der Waals surface area contributed by atoms with Crippen LogP contribution >= 0.6 is 0 Å². The van der Waals surface area contributed by atoms with Gasteiger partial charge in [0.2, 0.25) is 0 Å². The molecule has 0 radical (unpaired) electrons. The molecule has 0 spiro atoms. The van der Waals surface area contributed by atoms with Crippen LogP contribution in [-0.4, -0.2) is 21.8 Å². The highest BCUT2D eigenvalue weighted by Crippen LogP contribution is 2.30. The first-order valence-corrected chi connectivity index (χ1v) is 12.0. The second-order valence-electron chi connectivity index (χ2n) is 10.1. The van der Waals surface area contributed by atoms with Crippen LogP contribution < -0.4 is 0 Å². The number of nitrogens with zero attached hydrogens (tertiary/aromatic N) is 1. The van der Waals surface area contributed by atoms with Gasteiger partial charge in [0, 0.05) is 30.1 Å². The molecule has 1 rings (SSSR count). The van der Waals surface area contributed by atoms with Gasteiger partial charge >= 0.3 is 5.97 Å². The third-order valence-electron chi connectivity index (χ3n) is 6.23. The molecule has 4 nitrogen and oxygen atoms in total. The molecular formula is C28H43NO3. The summed E-state index contributed by atoms with van der Waals surface area (Å²) in [6, 6.07) is 4.03. The van der Waals surface area contributed by atoms with Crippen molar-refractivity contribution in [1.82, 2.24) is 4.98 Å². The molecule has 0 saturated heterocycles. The lowest BCUT2D eigenvalue weighted by Gasteiger charge is -2.27. The summed E-state index contributed by atoms with van der Waals surface area (Å²) in [5, 5.41) is 8.90. The quantitative estimate of drug-likeness (QED) is 0.286. The fourth-order valence-corrected chi connectivity index (χ4v) is 4.23. The van der Waals surface area contributed by atoms with E-state index in [0.29, 0.717) is 12.3 Å². The molecule has 2 atom stereocenters. The van der Waals surface area contributed by atoms with Crippen LogP contribution in [0.15, 0.2) is 41.7 Å². The summed E-state index contributed by atoms with van der Waals surface area (Å²) in [6.07, 6.45) is 15.0. The van der Waals surface area contributed by atoms with Crippen LogP contribution in [0.5, 0.6) is 0 Å². The highest BCUT2D eigenvalue weighted by atomic mass is 16.4. The van der Waals surface area contributed by atoms with Crippen molar-refractivity contribution >= 4 is 17.8 Å². The Balaban J connectivity index is 2.33. The first-order chi connectivity index (χ1) is 15.0. The Labute approximate surface area is 195 Å². The summed E-state index contributed by atoms with van der Waals surface area (Å²) >= 11 is 0. The van der Waals surface area contributed by atoms with Crippen molar-refractivity contribution in [3.8, 4) is 0 Å². The van der Waals surface area contributed by atoms with Crippen molar-refractivity contribution < 1.29 is 14.7 Å². The average Bonchev–Trinajstić information content (AvgIpc) is 2.72. The predicted molar refractivity (Wildman–Crippen MR) is 133 cm³/mol. The third-order valence-corrected chi connectivity index (χ3v) is 6.23. The molecule has 178 valence electrons. The molecule has 0 aliphatic rings. The van der Waals surface area contributed by atoms with E-state index in [0.717, 1.165) is 44.1 Å².